The molecule has 0 aliphatic heterocycles. The SMILES string of the molecule is Clc1cc(Cl)c2nsnc2c1. The van der Waals surface area contributed by atoms with E-state index in [0.717, 1.165) is 22.8 Å². The topological polar surface area (TPSA) is 25.8 Å². The highest BCUT2D eigenvalue weighted by molar-refractivity contribution is 7.00. The summed E-state index contributed by atoms with van der Waals surface area (Å²) in [7, 11) is 0. The Kier molecular flexibility index (Phi) is 1.71. The minimum absolute atomic E-state index is 0.557. The van der Waals surface area contributed by atoms with Gasteiger partial charge in [-0.2, -0.15) is 8.75 Å². The number of rotatable bonds is 0. The van der Waals surface area contributed by atoms with E-state index in [1.165, 1.54) is 0 Å². The highest BCUT2D eigenvalue weighted by Crippen LogP contribution is 2.25. The van der Waals surface area contributed by atoms with Crippen molar-refractivity contribution in [1.29, 1.82) is 0 Å². The Bertz CT molecular complexity index is 398. The van der Waals surface area contributed by atoms with Gasteiger partial charge in [0.1, 0.15) is 11.0 Å². The Morgan fingerprint density at radius 1 is 1.18 bits per heavy atom. The minimum atomic E-state index is 0.557. The van der Waals surface area contributed by atoms with Crippen molar-refractivity contribution < 1.29 is 0 Å². The van der Waals surface area contributed by atoms with E-state index < -0.39 is 0 Å². The van der Waals surface area contributed by atoms with Crippen LogP contribution in [0.5, 0.6) is 0 Å². The molecule has 0 aliphatic rings. The van der Waals surface area contributed by atoms with Crippen LogP contribution in [0, 0.1) is 0 Å². The van der Waals surface area contributed by atoms with Gasteiger partial charge in [0, 0.05) is 5.02 Å². The van der Waals surface area contributed by atoms with Gasteiger partial charge in [-0.15, -0.1) is 0 Å². The van der Waals surface area contributed by atoms with Crippen molar-refractivity contribution in [3.05, 3.63) is 22.2 Å². The van der Waals surface area contributed by atoms with Gasteiger partial charge in [-0.1, -0.05) is 23.2 Å². The Morgan fingerprint density at radius 3 is 2.82 bits per heavy atom. The van der Waals surface area contributed by atoms with Crippen LogP contribution in [0.25, 0.3) is 11.0 Å². The van der Waals surface area contributed by atoms with Crippen LogP contribution in [0.4, 0.5) is 0 Å². The molecule has 0 bridgehead atoms. The second-order valence-electron chi connectivity index (χ2n) is 2.02. The van der Waals surface area contributed by atoms with Crippen LogP contribution in [0.15, 0.2) is 12.1 Å². The van der Waals surface area contributed by atoms with Gasteiger partial charge in [-0.3, -0.25) is 0 Å². The average Bonchev–Trinajstić information content (AvgIpc) is 2.34. The molecule has 11 heavy (non-hydrogen) atoms. The maximum atomic E-state index is 5.82. The molecular weight excluding hydrogens is 203 g/mol. The number of hydrogen-bond acceptors (Lipinski definition) is 3. The molecule has 2 rings (SSSR count). The zero-order chi connectivity index (χ0) is 7.84. The molecule has 1 aromatic heterocycles. The van der Waals surface area contributed by atoms with Crippen LogP contribution in [-0.4, -0.2) is 8.75 Å². The first-order valence-corrected chi connectivity index (χ1v) is 4.33. The molecular formula is C6H2Cl2N2S. The average molecular weight is 205 g/mol. The number of nitrogens with zero attached hydrogens (tertiary/aromatic N) is 2. The molecule has 56 valence electrons. The molecule has 0 amide bonds. The van der Waals surface area contributed by atoms with Crippen molar-refractivity contribution in [3.8, 4) is 0 Å². The molecule has 1 heterocycles. The van der Waals surface area contributed by atoms with Crippen molar-refractivity contribution in [2.75, 3.05) is 0 Å². The van der Waals surface area contributed by atoms with Gasteiger partial charge < -0.3 is 0 Å². The minimum Gasteiger partial charge on any atom is -0.173 e. The number of fused-ring (bicyclic) bond motifs is 1. The summed E-state index contributed by atoms with van der Waals surface area (Å²) in [5.74, 6) is 0. The monoisotopic (exact) mass is 204 g/mol. The predicted molar refractivity (Wildman–Crippen MR) is 47.4 cm³/mol. The summed E-state index contributed by atoms with van der Waals surface area (Å²) in [5, 5.41) is 1.15. The second-order valence-corrected chi connectivity index (χ2v) is 3.39. The number of halogens is 2. The van der Waals surface area contributed by atoms with Crippen molar-refractivity contribution in [2.24, 2.45) is 0 Å². The highest BCUT2D eigenvalue weighted by atomic mass is 35.5. The Balaban J connectivity index is 2.91. The maximum Gasteiger partial charge on any atom is 0.123 e. The smallest absolute Gasteiger partial charge is 0.123 e. The van der Waals surface area contributed by atoms with Crippen molar-refractivity contribution in [2.45, 2.75) is 0 Å². The third-order valence-electron chi connectivity index (χ3n) is 1.28. The predicted octanol–water partition coefficient (Wildman–Crippen LogP) is 3.00. The van der Waals surface area contributed by atoms with Gasteiger partial charge in [-0.25, -0.2) is 0 Å². The summed E-state index contributed by atoms with van der Waals surface area (Å²) in [6.07, 6.45) is 0. The van der Waals surface area contributed by atoms with Crippen LogP contribution >= 0.6 is 34.9 Å². The molecule has 0 aliphatic carbocycles. The second kappa shape index (κ2) is 2.59. The Labute approximate surface area is 77.1 Å². The molecule has 0 N–H and O–H groups in total. The fraction of sp³-hybridized carbons (Fsp3) is 0. The summed E-state index contributed by atoms with van der Waals surface area (Å²) >= 11 is 12.7. The van der Waals surface area contributed by atoms with Gasteiger partial charge >= 0.3 is 0 Å². The molecule has 0 atom stereocenters. The number of benzene rings is 1. The zero-order valence-electron chi connectivity index (χ0n) is 5.21. The fourth-order valence-electron chi connectivity index (χ4n) is 0.818. The van der Waals surface area contributed by atoms with E-state index in [-0.39, 0.29) is 0 Å². The molecule has 0 radical (unpaired) electrons. The van der Waals surface area contributed by atoms with E-state index >= 15 is 0 Å². The summed E-state index contributed by atoms with van der Waals surface area (Å²) < 4.78 is 8.00. The molecule has 0 fully saturated rings. The largest absolute Gasteiger partial charge is 0.173 e. The van der Waals surface area contributed by atoms with Crippen molar-refractivity contribution >= 4 is 46.0 Å². The molecule has 0 saturated carbocycles. The molecule has 2 aromatic rings. The first-order chi connectivity index (χ1) is 5.27. The number of hydrogen-bond donors (Lipinski definition) is 0. The molecule has 0 spiro atoms. The van der Waals surface area contributed by atoms with Crippen LogP contribution in [0.1, 0.15) is 0 Å². The zero-order valence-corrected chi connectivity index (χ0v) is 7.54. The van der Waals surface area contributed by atoms with Gasteiger partial charge in [0.2, 0.25) is 0 Å². The first-order valence-electron chi connectivity index (χ1n) is 2.85. The first kappa shape index (κ1) is 7.28. The lowest BCUT2D eigenvalue weighted by Crippen LogP contribution is -1.71. The fourth-order valence-corrected chi connectivity index (χ4v) is 1.93. The molecule has 5 heteroatoms. The Morgan fingerprint density at radius 2 is 2.00 bits per heavy atom. The molecule has 1 aromatic carbocycles. The third-order valence-corrected chi connectivity index (χ3v) is 2.33. The van der Waals surface area contributed by atoms with Gasteiger partial charge in [0.25, 0.3) is 0 Å². The summed E-state index contributed by atoms with van der Waals surface area (Å²) in [4.78, 5) is 0. The molecule has 0 unspecified atom stereocenters. The lowest BCUT2D eigenvalue weighted by Gasteiger charge is -1.91. The van der Waals surface area contributed by atoms with E-state index in [0.29, 0.717) is 10.0 Å². The van der Waals surface area contributed by atoms with Gasteiger partial charge in [-0.05, 0) is 12.1 Å². The molecule has 0 saturated heterocycles. The number of aromatic nitrogens is 2. The van der Waals surface area contributed by atoms with E-state index in [4.69, 9.17) is 23.2 Å². The standard InChI is InChI=1S/C6H2Cl2N2S/c7-3-1-4(8)6-5(2-3)9-11-10-6/h1-2H. The normalized spacial score (nSPS) is 10.7. The maximum absolute atomic E-state index is 5.82. The van der Waals surface area contributed by atoms with Gasteiger partial charge in [0.05, 0.1) is 16.8 Å². The van der Waals surface area contributed by atoms with Crippen molar-refractivity contribution in [3.63, 3.8) is 0 Å². The Hall–Kier alpha value is -0.380. The van der Waals surface area contributed by atoms with E-state index in [9.17, 15) is 0 Å². The van der Waals surface area contributed by atoms with Gasteiger partial charge in [0.15, 0.2) is 0 Å². The van der Waals surface area contributed by atoms with Crippen molar-refractivity contribution in [1.82, 2.24) is 8.75 Å². The van der Waals surface area contributed by atoms with E-state index in [2.05, 4.69) is 8.75 Å². The molecule has 2 nitrogen and oxygen atoms in total. The van der Waals surface area contributed by atoms with E-state index in [1.807, 2.05) is 0 Å². The lowest BCUT2D eigenvalue weighted by molar-refractivity contribution is 1.64. The van der Waals surface area contributed by atoms with Crippen LogP contribution in [0.3, 0.4) is 0 Å². The quantitative estimate of drug-likeness (QED) is 0.660. The van der Waals surface area contributed by atoms with Crippen LogP contribution in [0.2, 0.25) is 10.0 Å². The summed E-state index contributed by atoms with van der Waals surface area (Å²) in [6, 6.07) is 3.40. The lowest BCUT2D eigenvalue weighted by atomic mass is 10.3. The van der Waals surface area contributed by atoms with E-state index in [1.54, 1.807) is 12.1 Å². The summed E-state index contributed by atoms with van der Waals surface area (Å²) in [5.41, 5.74) is 1.48. The highest BCUT2D eigenvalue weighted by Gasteiger charge is 2.03. The summed E-state index contributed by atoms with van der Waals surface area (Å²) in [6.45, 7) is 0. The van der Waals surface area contributed by atoms with Crippen LogP contribution < -0.4 is 0 Å². The third kappa shape index (κ3) is 1.20. The van der Waals surface area contributed by atoms with Crippen LogP contribution in [-0.2, 0) is 0 Å².